The molecule has 1 aliphatic heterocycles. The Kier molecular flexibility index (Phi) is 14.7. The summed E-state index contributed by atoms with van der Waals surface area (Å²) in [7, 11) is 1.63. The molecule has 248 valence electrons. The lowest BCUT2D eigenvalue weighted by Gasteiger charge is -2.30. The lowest BCUT2D eigenvalue weighted by Crippen LogP contribution is -2.47. The number of carbonyl (C=O) groups is 2. The molecular formula is C34H45N5O7. The molecule has 2 amide bonds. The van der Waals surface area contributed by atoms with E-state index in [4.69, 9.17) is 19.0 Å². The second-order valence-corrected chi connectivity index (χ2v) is 10.8. The molecule has 1 heterocycles. The van der Waals surface area contributed by atoms with E-state index >= 15 is 0 Å². The van der Waals surface area contributed by atoms with Gasteiger partial charge in [-0.25, -0.2) is 10.3 Å². The molecule has 1 saturated heterocycles. The Labute approximate surface area is 270 Å². The third-order valence-corrected chi connectivity index (χ3v) is 7.62. The van der Waals surface area contributed by atoms with Gasteiger partial charge in [-0.1, -0.05) is 66.7 Å². The average Bonchev–Trinajstić information content (AvgIpc) is 3.11. The van der Waals surface area contributed by atoms with Crippen molar-refractivity contribution < 1.29 is 33.8 Å². The van der Waals surface area contributed by atoms with Crippen LogP contribution in [0.5, 0.6) is 5.75 Å². The smallest absolute Gasteiger partial charge is 0.407 e. The van der Waals surface area contributed by atoms with E-state index in [0.29, 0.717) is 13.2 Å². The summed E-state index contributed by atoms with van der Waals surface area (Å²) in [6, 6.07) is 24.2. The fraction of sp³-hybridized carbons (Fsp3) is 0.412. The molecule has 0 spiro atoms. The fourth-order valence-corrected chi connectivity index (χ4v) is 5.02. The highest BCUT2D eigenvalue weighted by molar-refractivity contribution is 5.80. The summed E-state index contributed by atoms with van der Waals surface area (Å²) < 4.78 is 16.4. The van der Waals surface area contributed by atoms with Crippen LogP contribution in [0, 0.1) is 0 Å². The highest BCUT2D eigenvalue weighted by atomic mass is 16.7. The van der Waals surface area contributed by atoms with Crippen LogP contribution in [0.3, 0.4) is 0 Å². The molecule has 0 aliphatic carbocycles. The predicted molar refractivity (Wildman–Crippen MR) is 173 cm³/mol. The molecule has 1 fully saturated rings. The summed E-state index contributed by atoms with van der Waals surface area (Å²) in [6.45, 7) is 6.39. The predicted octanol–water partition coefficient (Wildman–Crippen LogP) is 3.21. The van der Waals surface area contributed by atoms with Gasteiger partial charge in [0, 0.05) is 45.8 Å². The number of hydroxylamine groups is 3. The van der Waals surface area contributed by atoms with Gasteiger partial charge in [-0.05, 0) is 40.8 Å². The van der Waals surface area contributed by atoms with Crippen LogP contribution in [0.15, 0.2) is 78.9 Å². The Bertz CT molecular complexity index is 1310. The van der Waals surface area contributed by atoms with E-state index in [2.05, 4.69) is 15.5 Å². The number of nitrogens with zero attached hydrogens (tertiary/aromatic N) is 2. The van der Waals surface area contributed by atoms with Crippen LogP contribution < -0.4 is 20.9 Å². The molecule has 1 aliphatic rings. The van der Waals surface area contributed by atoms with Crippen LogP contribution in [0.2, 0.25) is 0 Å². The minimum absolute atomic E-state index is 0.114. The number of amides is 2. The molecule has 0 aromatic heterocycles. The van der Waals surface area contributed by atoms with Crippen LogP contribution >= 0.6 is 0 Å². The number of carbonyl (C=O) groups excluding carboxylic acids is 2. The molecule has 0 radical (unpaired) electrons. The number of hydrogen-bond donors (Lipinski definition) is 4. The third-order valence-electron chi connectivity index (χ3n) is 7.62. The van der Waals surface area contributed by atoms with E-state index in [-0.39, 0.29) is 32.7 Å². The average molecular weight is 636 g/mol. The zero-order valence-electron chi connectivity index (χ0n) is 26.4. The molecule has 12 heteroatoms. The van der Waals surface area contributed by atoms with Crippen molar-refractivity contribution in [3.63, 3.8) is 0 Å². The molecule has 12 nitrogen and oxygen atoms in total. The number of rotatable bonds is 18. The normalized spacial score (nSPS) is 14.1. The Balaban J connectivity index is 1.35. The monoisotopic (exact) mass is 635 g/mol. The van der Waals surface area contributed by atoms with Gasteiger partial charge in [0.2, 0.25) is 0 Å². The van der Waals surface area contributed by atoms with Crippen LogP contribution in [0.4, 0.5) is 4.79 Å². The molecular weight excluding hydrogens is 590 g/mol. The van der Waals surface area contributed by atoms with E-state index < -0.39 is 18.0 Å². The Morgan fingerprint density at radius 3 is 2.28 bits per heavy atom. The number of hydrogen-bond acceptors (Lipinski definition) is 10. The summed E-state index contributed by atoms with van der Waals surface area (Å²) in [6.07, 6.45) is -0.452. The van der Waals surface area contributed by atoms with Gasteiger partial charge in [0.25, 0.3) is 5.91 Å². The maximum atomic E-state index is 12.9. The van der Waals surface area contributed by atoms with Crippen molar-refractivity contribution in [2.75, 3.05) is 66.2 Å². The molecule has 0 unspecified atom stereocenters. The largest absolute Gasteiger partial charge is 0.497 e. The SMILES string of the molecule is COc1ccc(-c2ccc(CN(OCCOCCN3CCNCC3)[C@H](CCNC(=O)OCc3ccccc3)C(=O)NO)cc2)cc1. The number of nitrogens with one attached hydrogen (secondary N) is 3. The van der Waals surface area contributed by atoms with E-state index in [1.165, 1.54) is 5.06 Å². The second-order valence-electron chi connectivity index (χ2n) is 10.8. The number of benzene rings is 3. The minimum Gasteiger partial charge on any atom is -0.497 e. The summed E-state index contributed by atoms with van der Waals surface area (Å²) in [5, 5.41) is 17.1. The van der Waals surface area contributed by atoms with Crippen molar-refractivity contribution in [1.82, 2.24) is 26.1 Å². The summed E-state index contributed by atoms with van der Waals surface area (Å²) in [5.74, 6) is 0.127. The zero-order chi connectivity index (χ0) is 32.4. The minimum atomic E-state index is -0.915. The molecule has 0 saturated carbocycles. The van der Waals surface area contributed by atoms with Gasteiger partial charge < -0.3 is 24.8 Å². The highest BCUT2D eigenvalue weighted by Gasteiger charge is 2.27. The first kappa shape index (κ1) is 34.8. The molecule has 1 atom stereocenters. The number of piperazine rings is 1. The number of ether oxygens (including phenoxy) is 3. The standard InChI is InChI=1S/C34H45N5O7/c1-43-31-13-11-30(12-14-31)29-9-7-27(8-10-29)25-39(46-24-23-44-22-21-38-19-17-35-18-20-38)32(33(40)37-42)15-16-36-34(41)45-26-28-5-3-2-4-6-28/h2-14,32,35,42H,15-26H2,1H3,(H,36,41)(H,37,40)/t32-/m1/s1. The van der Waals surface area contributed by atoms with Crippen LogP contribution in [0.25, 0.3) is 11.1 Å². The molecule has 0 bridgehead atoms. The molecule has 4 N–H and O–H groups in total. The van der Waals surface area contributed by atoms with Crippen molar-refractivity contribution in [2.45, 2.75) is 25.6 Å². The third kappa shape index (κ3) is 11.7. The van der Waals surface area contributed by atoms with E-state index in [0.717, 1.165) is 60.7 Å². The maximum absolute atomic E-state index is 12.9. The zero-order valence-corrected chi connectivity index (χ0v) is 26.4. The van der Waals surface area contributed by atoms with E-state index in [1.807, 2.05) is 78.9 Å². The Morgan fingerprint density at radius 1 is 0.913 bits per heavy atom. The summed E-state index contributed by atoms with van der Waals surface area (Å²) in [4.78, 5) is 33.6. The Morgan fingerprint density at radius 2 is 1.61 bits per heavy atom. The quantitative estimate of drug-likeness (QED) is 0.0938. The van der Waals surface area contributed by atoms with Gasteiger partial charge >= 0.3 is 6.09 Å². The Hall–Kier alpha value is -4.04. The lowest BCUT2D eigenvalue weighted by atomic mass is 10.0. The van der Waals surface area contributed by atoms with Gasteiger partial charge in [0.05, 0.1) is 26.9 Å². The number of alkyl carbamates (subject to hydrolysis) is 1. The van der Waals surface area contributed by atoms with Crippen molar-refractivity contribution in [3.8, 4) is 16.9 Å². The first-order valence-corrected chi connectivity index (χ1v) is 15.6. The van der Waals surface area contributed by atoms with Crippen molar-refractivity contribution in [2.24, 2.45) is 0 Å². The number of methoxy groups -OCH3 is 1. The summed E-state index contributed by atoms with van der Waals surface area (Å²) in [5.41, 5.74) is 5.57. The molecule has 46 heavy (non-hydrogen) atoms. The van der Waals surface area contributed by atoms with Crippen LogP contribution in [-0.4, -0.2) is 99.4 Å². The first-order chi connectivity index (χ1) is 22.6. The van der Waals surface area contributed by atoms with Gasteiger partial charge in [-0.3, -0.25) is 19.7 Å². The second kappa shape index (κ2) is 19.5. The lowest BCUT2D eigenvalue weighted by molar-refractivity contribution is -0.207. The first-order valence-electron chi connectivity index (χ1n) is 15.6. The van der Waals surface area contributed by atoms with Crippen LogP contribution in [-0.2, 0) is 32.3 Å². The van der Waals surface area contributed by atoms with E-state index in [1.54, 1.807) is 12.6 Å². The van der Waals surface area contributed by atoms with Crippen molar-refractivity contribution >= 4 is 12.0 Å². The summed E-state index contributed by atoms with van der Waals surface area (Å²) >= 11 is 0. The topological polar surface area (TPSA) is 134 Å². The van der Waals surface area contributed by atoms with E-state index in [9.17, 15) is 14.8 Å². The highest BCUT2D eigenvalue weighted by Crippen LogP contribution is 2.23. The van der Waals surface area contributed by atoms with Gasteiger partial charge in [-0.2, -0.15) is 5.06 Å². The van der Waals surface area contributed by atoms with Gasteiger partial charge in [0.1, 0.15) is 18.4 Å². The van der Waals surface area contributed by atoms with Crippen molar-refractivity contribution in [1.29, 1.82) is 0 Å². The fourth-order valence-electron chi connectivity index (χ4n) is 5.02. The molecule has 3 aromatic carbocycles. The van der Waals surface area contributed by atoms with Crippen molar-refractivity contribution in [3.05, 3.63) is 90.0 Å². The molecule has 3 aromatic rings. The van der Waals surface area contributed by atoms with Gasteiger partial charge in [0.15, 0.2) is 0 Å². The molecule has 4 rings (SSSR count). The maximum Gasteiger partial charge on any atom is 0.407 e. The van der Waals surface area contributed by atoms with Crippen LogP contribution in [0.1, 0.15) is 17.5 Å². The van der Waals surface area contributed by atoms with Gasteiger partial charge in [-0.15, -0.1) is 0 Å².